The van der Waals surface area contributed by atoms with Crippen LogP contribution >= 0.6 is 0 Å². The van der Waals surface area contributed by atoms with Crippen LogP contribution in [-0.2, 0) is 0 Å². The second-order valence-electron chi connectivity index (χ2n) is 5.91. The summed E-state index contributed by atoms with van der Waals surface area (Å²) in [7, 11) is 0. The first-order valence-corrected chi connectivity index (χ1v) is 8.31. The molecule has 1 aromatic rings. The molecule has 0 radical (unpaired) electrons. The van der Waals surface area contributed by atoms with E-state index in [4.69, 9.17) is 4.74 Å². The monoisotopic (exact) mass is 275 g/mol. The molecule has 20 heavy (non-hydrogen) atoms. The molecule has 0 bridgehead atoms. The van der Waals surface area contributed by atoms with E-state index in [9.17, 15) is 0 Å². The summed E-state index contributed by atoms with van der Waals surface area (Å²) in [5.74, 6) is 1.97. The first kappa shape index (κ1) is 15.4. The van der Waals surface area contributed by atoms with Gasteiger partial charge in [-0.05, 0) is 56.7 Å². The fourth-order valence-electron chi connectivity index (χ4n) is 2.68. The number of hydrogen-bond acceptors (Lipinski definition) is 2. The van der Waals surface area contributed by atoms with Crippen LogP contribution < -0.4 is 10.1 Å². The van der Waals surface area contributed by atoms with Gasteiger partial charge in [0.25, 0.3) is 0 Å². The third kappa shape index (κ3) is 5.96. The Kier molecular flexibility index (Phi) is 6.93. The van der Waals surface area contributed by atoms with Crippen molar-refractivity contribution in [1.29, 1.82) is 0 Å². The Morgan fingerprint density at radius 3 is 2.65 bits per heavy atom. The molecule has 1 aliphatic rings. The highest BCUT2D eigenvalue weighted by molar-refractivity contribution is 5.20. The molecule has 112 valence electrons. The fraction of sp³-hybridized carbons (Fsp3) is 0.667. The topological polar surface area (TPSA) is 21.3 Å². The van der Waals surface area contributed by atoms with E-state index in [1.807, 2.05) is 30.3 Å². The van der Waals surface area contributed by atoms with Crippen molar-refractivity contribution >= 4 is 0 Å². The summed E-state index contributed by atoms with van der Waals surface area (Å²) in [6, 6.07) is 10.9. The number of ether oxygens (including phenoxy) is 1. The summed E-state index contributed by atoms with van der Waals surface area (Å²) in [6.07, 6.45) is 9.25. The molecule has 0 aliphatic heterocycles. The van der Waals surface area contributed by atoms with Crippen LogP contribution in [-0.4, -0.2) is 19.2 Å². The number of nitrogens with one attached hydrogen (secondary N) is 1. The zero-order chi connectivity index (χ0) is 14.0. The lowest BCUT2D eigenvalue weighted by Gasteiger charge is -2.17. The lowest BCUT2D eigenvalue weighted by Crippen LogP contribution is -2.31. The Labute approximate surface area is 123 Å². The van der Waals surface area contributed by atoms with Gasteiger partial charge in [0.1, 0.15) is 5.75 Å². The van der Waals surface area contributed by atoms with Crippen molar-refractivity contribution in [3.8, 4) is 5.75 Å². The second-order valence-corrected chi connectivity index (χ2v) is 5.91. The smallest absolute Gasteiger partial charge is 0.119 e. The number of para-hydroxylation sites is 1. The van der Waals surface area contributed by atoms with Gasteiger partial charge in [0.05, 0.1) is 6.61 Å². The summed E-state index contributed by atoms with van der Waals surface area (Å²) in [5.41, 5.74) is 0. The van der Waals surface area contributed by atoms with E-state index in [0.717, 1.165) is 24.3 Å². The van der Waals surface area contributed by atoms with Crippen LogP contribution in [0, 0.1) is 5.92 Å². The minimum Gasteiger partial charge on any atom is -0.494 e. The van der Waals surface area contributed by atoms with Crippen molar-refractivity contribution in [3.63, 3.8) is 0 Å². The molecule has 2 heteroatoms. The average molecular weight is 275 g/mol. The van der Waals surface area contributed by atoms with Crippen molar-refractivity contribution in [2.75, 3.05) is 13.2 Å². The van der Waals surface area contributed by atoms with E-state index < -0.39 is 0 Å². The summed E-state index contributed by atoms with van der Waals surface area (Å²) in [5, 5.41) is 3.72. The summed E-state index contributed by atoms with van der Waals surface area (Å²) < 4.78 is 5.72. The number of benzene rings is 1. The molecular formula is C18H29NO. The number of rotatable bonds is 11. The lowest BCUT2D eigenvalue weighted by molar-refractivity contribution is 0.301. The van der Waals surface area contributed by atoms with Gasteiger partial charge in [0.15, 0.2) is 0 Å². The SMILES string of the molecule is CCCNC(CCCCCOc1ccccc1)C1CC1. The molecule has 0 heterocycles. The molecule has 1 N–H and O–H groups in total. The van der Waals surface area contributed by atoms with Crippen LogP contribution in [0.1, 0.15) is 51.9 Å². The van der Waals surface area contributed by atoms with E-state index in [1.54, 1.807) is 0 Å². The molecule has 0 spiro atoms. The van der Waals surface area contributed by atoms with Gasteiger partial charge in [-0.1, -0.05) is 38.0 Å². The molecular weight excluding hydrogens is 246 g/mol. The molecule has 1 fully saturated rings. The van der Waals surface area contributed by atoms with Gasteiger partial charge in [-0.3, -0.25) is 0 Å². The van der Waals surface area contributed by atoms with Crippen molar-refractivity contribution in [2.45, 2.75) is 57.9 Å². The average Bonchev–Trinajstić information content (AvgIpc) is 3.31. The van der Waals surface area contributed by atoms with E-state index in [0.29, 0.717) is 0 Å². The van der Waals surface area contributed by atoms with Gasteiger partial charge in [-0.25, -0.2) is 0 Å². The van der Waals surface area contributed by atoms with Gasteiger partial charge in [-0.15, -0.1) is 0 Å². The quantitative estimate of drug-likeness (QED) is 0.604. The Hall–Kier alpha value is -1.02. The Morgan fingerprint density at radius 2 is 1.95 bits per heavy atom. The van der Waals surface area contributed by atoms with Gasteiger partial charge in [0.2, 0.25) is 0 Å². The van der Waals surface area contributed by atoms with Crippen LogP contribution in [0.3, 0.4) is 0 Å². The highest BCUT2D eigenvalue weighted by Gasteiger charge is 2.29. The summed E-state index contributed by atoms with van der Waals surface area (Å²) >= 11 is 0. The molecule has 1 aromatic carbocycles. The third-order valence-corrected chi connectivity index (χ3v) is 4.02. The zero-order valence-electron chi connectivity index (χ0n) is 12.8. The molecule has 2 nitrogen and oxygen atoms in total. The van der Waals surface area contributed by atoms with Crippen LogP contribution in [0.4, 0.5) is 0 Å². The standard InChI is InChI=1S/C18H29NO/c1-2-14-19-18(16-12-13-16)11-7-4-8-15-20-17-9-5-3-6-10-17/h3,5-6,9-10,16,18-19H,2,4,7-8,11-15H2,1H3. The minimum absolute atomic E-state index is 0.782. The van der Waals surface area contributed by atoms with E-state index in [-0.39, 0.29) is 0 Å². The molecule has 0 saturated heterocycles. The Morgan fingerprint density at radius 1 is 1.15 bits per heavy atom. The normalized spacial score (nSPS) is 16.1. The third-order valence-electron chi connectivity index (χ3n) is 4.02. The van der Waals surface area contributed by atoms with Crippen molar-refractivity contribution in [2.24, 2.45) is 5.92 Å². The highest BCUT2D eigenvalue weighted by atomic mass is 16.5. The van der Waals surface area contributed by atoms with Gasteiger partial charge < -0.3 is 10.1 Å². The predicted octanol–water partition coefficient (Wildman–Crippen LogP) is 4.40. The fourth-order valence-corrected chi connectivity index (χ4v) is 2.68. The second kappa shape index (κ2) is 9.02. The van der Waals surface area contributed by atoms with E-state index in [1.165, 1.54) is 51.5 Å². The zero-order valence-corrected chi connectivity index (χ0v) is 12.8. The molecule has 1 atom stereocenters. The molecule has 1 saturated carbocycles. The maximum Gasteiger partial charge on any atom is 0.119 e. The van der Waals surface area contributed by atoms with Crippen molar-refractivity contribution in [3.05, 3.63) is 30.3 Å². The number of hydrogen-bond donors (Lipinski definition) is 1. The summed E-state index contributed by atoms with van der Waals surface area (Å²) in [4.78, 5) is 0. The maximum absolute atomic E-state index is 5.72. The van der Waals surface area contributed by atoms with Gasteiger partial charge in [-0.2, -0.15) is 0 Å². The molecule has 0 aromatic heterocycles. The maximum atomic E-state index is 5.72. The Balaban J connectivity index is 1.50. The minimum atomic E-state index is 0.782. The first-order valence-electron chi connectivity index (χ1n) is 8.31. The van der Waals surface area contributed by atoms with Crippen LogP contribution in [0.25, 0.3) is 0 Å². The predicted molar refractivity (Wildman–Crippen MR) is 85.2 cm³/mol. The van der Waals surface area contributed by atoms with Crippen molar-refractivity contribution in [1.82, 2.24) is 5.32 Å². The number of unbranched alkanes of at least 4 members (excludes halogenated alkanes) is 2. The Bertz CT molecular complexity index is 348. The molecule has 1 aliphatic carbocycles. The molecule has 2 rings (SSSR count). The van der Waals surface area contributed by atoms with E-state index >= 15 is 0 Å². The van der Waals surface area contributed by atoms with E-state index in [2.05, 4.69) is 12.2 Å². The van der Waals surface area contributed by atoms with Crippen LogP contribution in [0.2, 0.25) is 0 Å². The highest BCUT2D eigenvalue weighted by Crippen LogP contribution is 2.34. The lowest BCUT2D eigenvalue weighted by atomic mass is 10.0. The largest absolute Gasteiger partial charge is 0.494 e. The first-order chi connectivity index (χ1) is 9.90. The molecule has 1 unspecified atom stereocenters. The van der Waals surface area contributed by atoms with Gasteiger partial charge in [0, 0.05) is 6.04 Å². The summed E-state index contributed by atoms with van der Waals surface area (Å²) in [6.45, 7) is 4.27. The van der Waals surface area contributed by atoms with Gasteiger partial charge >= 0.3 is 0 Å². The van der Waals surface area contributed by atoms with Crippen molar-refractivity contribution < 1.29 is 4.74 Å². The van der Waals surface area contributed by atoms with Crippen LogP contribution in [0.5, 0.6) is 5.75 Å². The van der Waals surface area contributed by atoms with Crippen LogP contribution in [0.15, 0.2) is 30.3 Å². The molecule has 0 amide bonds.